The summed E-state index contributed by atoms with van der Waals surface area (Å²) in [5.74, 6) is 5.84. The summed E-state index contributed by atoms with van der Waals surface area (Å²) in [5, 5.41) is 2.65. The van der Waals surface area contributed by atoms with Gasteiger partial charge in [0, 0.05) is 19.2 Å². The molecule has 0 aliphatic heterocycles. The van der Waals surface area contributed by atoms with Crippen molar-refractivity contribution in [3.63, 3.8) is 0 Å². The molecule has 0 aliphatic rings. The highest BCUT2D eigenvalue weighted by molar-refractivity contribution is 5.67. The second kappa shape index (κ2) is 8.42. The molecule has 2 rings (SSSR count). The van der Waals surface area contributed by atoms with Crippen LogP contribution in [-0.4, -0.2) is 22.6 Å². The molecule has 22 heavy (non-hydrogen) atoms. The molecule has 0 saturated heterocycles. The number of carbonyl (C=O) groups is 1. The highest BCUT2D eigenvalue weighted by Gasteiger charge is 2.00. The van der Waals surface area contributed by atoms with Gasteiger partial charge < -0.3 is 10.1 Å². The summed E-state index contributed by atoms with van der Waals surface area (Å²) >= 11 is 0. The van der Waals surface area contributed by atoms with Gasteiger partial charge in [-0.05, 0) is 18.4 Å². The van der Waals surface area contributed by atoms with Crippen LogP contribution in [-0.2, 0) is 11.3 Å². The molecule has 5 heteroatoms. The summed E-state index contributed by atoms with van der Waals surface area (Å²) in [4.78, 5) is 19.7. The molecule has 2 aromatic rings. The molecule has 0 atom stereocenters. The van der Waals surface area contributed by atoms with Crippen molar-refractivity contribution in [1.82, 2.24) is 15.3 Å². The summed E-state index contributed by atoms with van der Waals surface area (Å²) in [6.45, 7) is 2.56. The quantitative estimate of drug-likeness (QED) is 0.695. The van der Waals surface area contributed by atoms with Crippen molar-refractivity contribution in [3.05, 3.63) is 59.7 Å². The molecule has 0 aliphatic carbocycles. The Bertz CT molecular complexity index is 675. The fourth-order valence-corrected chi connectivity index (χ4v) is 1.68. The summed E-state index contributed by atoms with van der Waals surface area (Å²) in [6.07, 6.45) is 3.37. The Morgan fingerprint density at radius 2 is 2.09 bits per heavy atom. The number of aryl methyl sites for hydroxylation is 1. The Morgan fingerprint density at radius 1 is 1.27 bits per heavy atom. The van der Waals surface area contributed by atoms with Crippen molar-refractivity contribution in [3.8, 4) is 11.8 Å². The molecular formula is C17H17N3O2. The maximum absolute atomic E-state index is 11.5. The van der Waals surface area contributed by atoms with Gasteiger partial charge in [-0.3, -0.25) is 4.98 Å². The van der Waals surface area contributed by atoms with E-state index >= 15 is 0 Å². The van der Waals surface area contributed by atoms with Crippen molar-refractivity contribution >= 4 is 6.09 Å². The molecule has 1 N–H and O–H groups in total. The number of ether oxygens (including phenoxy) is 1. The van der Waals surface area contributed by atoms with Crippen LogP contribution < -0.4 is 5.32 Å². The van der Waals surface area contributed by atoms with Gasteiger partial charge in [-0.1, -0.05) is 36.3 Å². The second-order valence-corrected chi connectivity index (χ2v) is 4.59. The molecule has 0 bridgehead atoms. The first-order chi connectivity index (χ1) is 10.7. The molecule has 1 amide bonds. The maximum atomic E-state index is 11.5. The zero-order chi connectivity index (χ0) is 15.6. The summed E-state index contributed by atoms with van der Waals surface area (Å²) in [6, 6.07) is 9.53. The number of hydrogen-bond acceptors (Lipinski definition) is 4. The summed E-state index contributed by atoms with van der Waals surface area (Å²) in [5.41, 5.74) is 2.41. The zero-order valence-electron chi connectivity index (χ0n) is 12.4. The third-order valence-electron chi connectivity index (χ3n) is 2.70. The molecule has 0 saturated carbocycles. The van der Waals surface area contributed by atoms with Gasteiger partial charge in [-0.2, -0.15) is 0 Å². The Kier molecular flexibility index (Phi) is 5.94. The zero-order valence-corrected chi connectivity index (χ0v) is 12.4. The van der Waals surface area contributed by atoms with E-state index in [9.17, 15) is 4.79 Å². The van der Waals surface area contributed by atoms with Gasteiger partial charge in [0.2, 0.25) is 0 Å². The van der Waals surface area contributed by atoms with E-state index in [0.717, 1.165) is 11.3 Å². The number of carbonyl (C=O) groups excluding carboxylic acids is 1. The molecular weight excluding hydrogens is 278 g/mol. The van der Waals surface area contributed by atoms with Gasteiger partial charge in [0.25, 0.3) is 0 Å². The van der Waals surface area contributed by atoms with E-state index in [4.69, 9.17) is 4.74 Å². The van der Waals surface area contributed by atoms with Gasteiger partial charge in [0.05, 0.1) is 11.9 Å². The molecule has 5 nitrogen and oxygen atoms in total. The van der Waals surface area contributed by atoms with Crippen LogP contribution in [0.15, 0.2) is 42.7 Å². The minimum Gasteiger partial charge on any atom is -0.445 e. The molecule has 112 valence electrons. The lowest BCUT2D eigenvalue weighted by Gasteiger charge is -2.05. The lowest BCUT2D eigenvalue weighted by Crippen LogP contribution is -2.24. The van der Waals surface area contributed by atoms with E-state index in [-0.39, 0.29) is 6.61 Å². The minimum atomic E-state index is -0.444. The Labute approximate surface area is 129 Å². The van der Waals surface area contributed by atoms with Crippen LogP contribution in [0.4, 0.5) is 4.79 Å². The largest absolute Gasteiger partial charge is 0.445 e. The van der Waals surface area contributed by atoms with Gasteiger partial charge in [-0.25, -0.2) is 9.78 Å². The van der Waals surface area contributed by atoms with Gasteiger partial charge >= 0.3 is 6.09 Å². The molecule has 1 aromatic carbocycles. The van der Waals surface area contributed by atoms with Crippen molar-refractivity contribution < 1.29 is 9.53 Å². The third kappa shape index (κ3) is 5.63. The van der Waals surface area contributed by atoms with Crippen molar-refractivity contribution in [2.75, 3.05) is 6.54 Å². The normalized spacial score (nSPS) is 9.50. The van der Waals surface area contributed by atoms with Crippen LogP contribution >= 0.6 is 0 Å². The molecule has 0 unspecified atom stereocenters. The Balaban J connectivity index is 1.65. The molecule has 0 fully saturated rings. The lowest BCUT2D eigenvalue weighted by atomic mass is 10.2. The monoisotopic (exact) mass is 295 g/mol. The summed E-state index contributed by atoms with van der Waals surface area (Å²) < 4.78 is 5.09. The van der Waals surface area contributed by atoms with Crippen LogP contribution in [0.5, 0.6) is 0 Å². The maximum Gasteiger partial charge on any atom is 0.407 e. The fourth-order valence-electron chi connectivity index (χ4n) is 1.68. The van der Waals surface area contributed by atoms with Crippen LogP contribution in [0.3, 0.4) is 0 Å². The predicted molar refractivity (Wildman–Crippen MR) is 82.9 cm³/mol. The Morgan fingerprint density at radius 3 is 2.86 bits per heavy atom. The highest BCUT2D eigenvalue weighted by atomic mass is 16.5. The number of aromatic nitrogens is 2. The van der Waals surface area contributed by atoms with Crippen LogP contribution in [0, 0.1) is 18.8 Å². The Hall–Kier alpha value is -2.87. The number of nitrogens with one attached hydrogen (secondary N) is 1. The first-order valence-electron chi connectivity index (χ1n) is 6.96. The first-order valence-corrected chi connectivity index (χ1v) is 6.96. The highest BCUT2D eigenvalue weighted by Crippen LogP contribution is 2.00. The standard InChI is InChI=1S/C17H17N3O2/c1-14-11-18-12-16(20-14)9-5-6-10-19-17(21)22-13-15-7-3-2-4-8-15/h2-4,7-8,11-12H,6,10,13H2,1H3,(H,19,21). The molecule has 1 aromatic heterocycles. The second-order valence-electron chi connectivity index (χ2n) is 4.59. The fraction of sp³-hybridized carbons (Fsp3) is 0.235. The SMILES string of the molecule is Cc1cncc(C#CCCNC(=O)OCc2ccccc2)n1. The lowest BCUT2D eigenvalue weighted by molar-refractivity contribution is 0.140. The molecule has 1 heterocycles. The van der Waals surface area contributed by atoms with Crippen molar-refractivity contribution in [2.45, 2.75) is 20.0 Å². The van der Waals surface area contributed by atoms with Gasteiger partial charge in [0.1, 0.15) is 12.3 Å². The van der Waals surface area contributed by atoms with Crippen LogP contribution in [0.25, 0.3) is 0 Å². The van der Waals surface area contributed by atoms with E-state index in [1.165, 1.54) is 0 Å². The van der Waals surface area contributed by atoms with Crippen LogP contribution in [0.2, 0.25) is 0 Å². The number of amides is 1. The molecule has 0 spiro atoms. The van der Waals surface area contributed by atoms with Crippen molar-refractivity contribution in [2.24, 2.45) is 0 Å². The first kappa shape index (κ1) is 15.5. The average Bonchev–Trinajstić information content (AvgIpc) is 2.54. The average molecular weight is 295 g/mol. The van der Waals surface area contributed by atoms with Crippen molar-refractivity contribution in [1.29, 1.82) is 0 Å². The third-order valence-corrected chi connectivity index (χ3v) is 2.70. The van der Waals surface area contributed by atoms with E-state index in [2.05, 4.69) is 27.1 Å². The van der Waals surface area contributed by atoms with E-state index in [0.29, 0.717) is 18.7 Å². The number of benzene rings is 1. The van der Waals surface area contributed by atoms with Gasteiger partial charge in [0.15, 0.2) is 0 Å². The number of nitrogens with zero attached hydrogens (tertiary/aromatic N) is 2. The number of rotatable bonds is 4. The van der Waals surface area contributed by atoms with Crippen LogP contribution in [0.1, 0.15) is 23.4 Å². The van der Waals surface area contributed by atoms with Gasteiger partial charge in [-0.15, -0.1) is 0 Å². The molecule has 0 radical (unpaired) electrons. The summed E-state index contributed by atoms with van der Waals surface area (Å²) in [7, 11) is 0. The van der Waals surface area contributed by atoms with E-state index in [1.807, 2.05) is 37.3 Å². The van der Waals surface area contributed by atoms with E-state index in [1.54, 1.807) is 12.4 Å². The minimum absolute atomic E-state index is 0.261. The smallest absolute Gasteiger partial charge is 0.407 e. The topological polar surface area (TPSA) is 64.1 Å². The number of hydrogen-bond donors (Lipinski definition) is 1. The predicted octanol–water partition coefficient (Wildman–Crippen LogP) is 2.45. The number of alkyl carbamates (subject to hydrolysis) is 1. The van der Waals surface area contributed by atoms with E-state index < -0.39 is 6.09 Å².